The maximum absolute atomic E-state index is 10.7. The molecule has 0 aromatic carbocycles. The van der Waals surface area contributed by atoms with Crippen molar-refractivity contribution in [2.24, 2.45) is 5.92 Å². The highest BCUT2D eigenvalue weighted by atomic mass is 16.6. The SMILES string of the molecule is CC=CCC1CCCCC1[N+](=O)[O-]. The lowest BCUT2D eigenvalue weighted by atomic mass is 9.83. The van der Waals surface area contributed by atoms with Gasteiger partial charge in [-0.1, -0.05) is 18.6 Å². The van der Waals surface area contributed by atoms with Gasteiger partial charge in [0.2, 0.25) is 6.04 Å². The van der Waals surface area contributed by atoms with Gasteiger partial charge in [0, 0.05) is 17.3 Å². The van der Waals surface area contributed by atoms with Crippen LogP contribution in [0.15, 0.2) is 12.2 Å². The molecule has 0 amide bonds. The minimum atomic E-state index is -0.287. The lowest BCUT2D eigenvalue weighted by Crippen LogP contribution is -2.31. The van der Waals surface area contributed by atoms with Crippen molar-refractivity contribution in [3.8, 4) is 0 Å². The van der Waals surface area contributed by atoms with Crippen molar-refractivity contribution in [1.82, 2.24) is 0 Å². The third kappa shape index (κ3) is 2.83. The fourth-order valence-corrected chi connectivity index (χ4v) is 2.05. The third-order valence-electron chi connectivity index (χ3n) is 2.81. The number of hydrogen-bond donors (Lipinski definition) is 0. The second-order valence-electron chi connectivity index (χ2n) is 3.70. The highest BCUT2D eigenvalue weighted by molar-refractivity contribution is 4.85. The molecule has 1 saturated carbocycles. The maximum atomic E-state index is 10.7. The zero-order valence-electron chi connectivity index (χ0n) is 8.11. The lowest BCUT2D eigenvalue weighted by Gasteiger charge is -2.24. The Morgan fingerprint density at radius 2 is 2.15 bits per heavy atom. The summed E-state index contributed by atoms with van der Waals surface area (Å²) in [5.41, 5.74) is 0. The molecule has 2 atom stereocenters. The number of allylic oxidation sites excluding steroid dienone is 2. The summed E-state index contributed by atoms with van der Waals surface area (Å²) in [7, 11) is 0. The maximum Gasteiger partial charge on any atom is 0.216 e. The van der Waals surface area contributed by atoms with Crippen molar-refractivity contribution < 1.29 is 4.92 Å². The van der Waals surface area contributed by atoms with Crippen LogP contribution >= 0.6 is 0 Å². The Labute approximate surface area is 79.0 Å². The summed E-state index contributed by atoms with van der Waals surface area (Å²) in [5.74, 6) is 0.278. The molecule has 2 unspecified atom stereocenters. The van der Waals surface area contributed by atoms with Gasteiger partial charge in [0.1, 0.15) is 0 Å². The molecule has 3 nitrogen and oxygen atoms in total. The van der Waals surface area contributed by atoms with E-state index in [2.05, 4.69) is 0 Å². The molecular weight excluding hydrogens is 166 g/mol. The monoisotopic (exact) mass is 183 g/mol. The van der Waals surface area contributed by atoms with E-state index in [4.69, 9.17) is 0 Å². The summed E-state index contributed by atoms with van der Waals surface area (Å²) in [6, 6.07) is -0.287. The van der Waals surface area contributed by atoms with E-state index in [9.17, 15) is 10.1 Å². The van der Waals surface area contributed by atoms with E-state index in [0.717, 1.165) is 32.1 Å². The molecule has 1 aliphatic carbocycles. The minimum absolute atomic E-state index is 0.0900. The second kappa shape index (κ2) is 5.00. The topological polar surface area (TPSA) is 43.1 Å². The molecule has 0 aromatic heterocycles. The van der Waals surface area contributed by atoms with Crippen LogP contribution in [0.2, 0.25) is 0 Å². The van der Waals surface area contributed by atoms with Crippen molar-refractivity contribution in [3.63, 3.8) is 0 Å². The van der Waals surface area contributed by atoms with Crippen molar-refractivity contribution in [3.05, 3.63) is 22.3 Å². The quantitative estimate of drug-likeness (QED) is 0.383. The van der Waals surface area contributed by atoms with Crippen LogP contribution in [0.5, 0.6) is 0 Å². The van der Waals surface area contributed by atoms with Crippen molar-refractivity contribution in [2.75, 3.05) is 0 Å². The van der Waals surface area contributed by atoms with E-state index in [1.807, 2.05) is 19.1 Å². The third-order valence-corrected chi connectivity index (χ3v) is 2.81. The van der Waals surface area contributed by atoms with Crippen LogP contribution in [0.3, 0.4) is 0 Å². The van der Waals surface area contributed by atoms with Crippen LogP contribution in [-0.4, -0.2) is 11.0 Å². The Morgan fingerprint density at radius 1 is 1.46 bits per heavy atom. The summed E-state index contributed by atoms with van der Waals surface area (Å²) in [4.78, 5) is 10.6. The number of nitro groups is 1. The molecule has 74 valence electrons. The highest BCUT2D eigenvalue weighted by Crippen LogP contribution is 2.29. The van der Waals surface area contributed by atoms with Crippen molar-refractivity contribution in [1.29, 1.82) is 0 Å². The molecule has 3 heteroatoms. The van der Waals surface area contributed by atoms with Crippen molar-refractivity contribution >= 4 is 0 Å². The Kier molecular flexibility index (Phi) is 3.93. The van der Waals surface area contributed by atoms with E-state index in [-0.39, 0.29) is 16.9 Å². The smallest absolute Gasteiger partial charge is 0.216 e. The molecule has 0 N–H and O–H groups in total. The molecule has 1 rings (SSSR count). The van der Waals surface area contributed by atoms with E-state index >= 15 is 0 Å². The number of hydrogen-bond acceptors (Lipinski definition) is 2. The van der Waals surface area contributed by atoms with Gasteiger partial charge in [-0.15, -0.1) is 0 Å². The fraction of sp³-hybridized carbons (Fsp3) is 0.800. The molecular formula is C10H17NO2. The summed E-state index contributed by atoms with van der Waals surface area (Å²) in [6.45, 7) is 1.96. The largest absolute Gasteiger partial charge is 0.264 e. The van der Waals surface area contributed by atoms with Gasteiger partial charge in [0.05, 0.1) is 0 Å². The first kappa shape index (κ1) is 10.2. The van der Waals surface area contributed by atoms with Gasteiger partial charge < -0.3 is 0 Å². The minimum Gasteiger partial charge on any atom is -0.264 e. The van der Waals surface area contributed by atoms with Crippen LogP contribution in [0.4, 0.5) is 0 Å². The molecule has 0 saturated heterocycles. The van der Waals surface area contributed by atoms with Gasteiger partial charge in [-0.2, -0.15) is 0 Å². The standard InChI is InChI=1S/C10H17NO2/c1-2-3-6-9-7-4-5-8-10(9)11(12)13/h2-3,9-10H,4-8H2,1H3. The van der Waals surface area contributed by atoms with Gasteiger partial charge in [0.25, 0.3) is 0 Å². The normalized spacial score (nSPS) is 29.3. The number of nitrogens with zero attached hydrogens (tertiary/aromatic N) is 1. The Bertz CT molecular complexity index is 201. The lowest BCUT2D eigenvalue weighted by molar-refractivity contribution is -0.535. The first-order chi connectivity index (χ1) is 6.25. The molecule has 0 aromatic rings. The first-order valence-corrected chi connectivity index (χ1v) is 5.00. The average molecular weight is 183 g/mol. The highest BCUT2D eigenvalue weighted by Gasteiger charge is 2.32. The fourth-order valence-electron chi connectivity index (χ4n) is 2.05. The predicted molar refractivity (Wildman–Crippen MR) is 52.2 cm³/mol. The Balaban J connectivity index is 2.51. The van der Waals surface area contributed by atoms with E-state index < -0.39 is 0 Å². The molecule has 0 radical (unpaired) electrons. The number of rotatable bonds is 3. The van der Waals surface area contributed by atoms with E-state index in [1.165, 1.54) is 0 Å². The molecule has 0 heterocycles. The zero-order chi connectivity index (χ0) is 9.68. The van der Waals surface area contributed by atoms with Crippen LogP contribution in [0, 0.1) is 16.0 Å². The zero-order valence-corrected chi connectivity index (χ0v) is 8.11. The predicted octanol–water partition coefficient (Wildman–Crippen LogP) is 2.79. The van der Waals surface area contributed by atoms with Gasteiger partial charge in [-0.25, -0.2) is 0 Å². The molecule has 13 heavy (non-hydrogen) atoms. The van der Waals surface area contributed by atoms with Crippen LogP contribution in [-0.2, 0) is 0 Å². The molecule has 0 spiro atoms. The summed E-state index contributed by atoms with van der Waals surface area (Å²) >= 11 is 0. The summed E-state index contributed by atoms with van der Waals surface area (Å²) < 4.78 is 0. The van der Waals surface area contributed by atoms with Gasteiger partial charge in [-0.05, 0) is 26.2 Å². The Morgan fingerprint density at radius 3 is 2.77 bits per heavy atom. The van der Waals surface area contributed by atoms with E-state index in [0.29, 0.717) is 0 Å². The second-order valence-corrected chi connectivity index (χ2v) is 3.70. The van der Waals surface area contributed by atoms with Crippen LogP contribution < -0.4 is 0 Å². The van der Waals surface area contributed by atoms with Gasteiger partial charge in [0.15, 0.2) is 0 Å². The van der Waals surface area contributed by atoms with E-state index in [1.54, 1.807) is 0 Å². The van der Waals surface area contributed by atoms with Crippen molar-refractivity contribution in [2.45, 2.75) is 45.1 Å². The summed E-state index contributed by atoms with van der Waals surface area (Å²) in [6.07, 6.45) is 8.88. The summed E-state index contributed by atoms with van der Waals surface area (Å²) in [5, 5.41) is 10.7. The average Bonchev–Trinajstić information content (AvgIpc) is 2.15. The first-order valence-electron chi connectivity index (χ1n) is 5.00. The Hall–Kier alpha value is -0.860. The van der Waals surface area contributed by atoms with Gasteiger partial charge >= 0.3 is 0 Å². The van der Waals surface area contributed by atoms with Crippen LogP contribution in [0.1, 0.15) is 39.0 Å². The molecule has 1 aliphatic rings. The molecule has 1 fully saturated rings. The molecule has 0 aliphatic heterocycles. The van der Waals surface area contributed by atoms with Gasteiger partial charge in [-0.3, -0.25) is 10.1 Å². The molecule has 0 bridgehead atoms. The van der Waals surface area contributed by atoms with Crippen LogP contribution in [0.25, 0.3) is 0 Å².